The lowest BCUT2D eigenvalue weighted by Gasteiger charge is -2.34. The molecule has 0 unspecified atom stereocenters. The molecule has 1 aliphatic rings. The summed E-state index contributed by atoms with van der Waals surface area (Å²) < 4.78 is 7.40. The highest BCUT2D eigenvalue weighted by atomic mass is 16.6. The maximum Gasteiger partial charge on any atom is 0.307 e. The summed E-state index contributed by atoms with van der Waals surface area (Å²) in [5, 5.41) is 40.0. The number of hydrogen-bond donors (Lipinski definition) is 5. The van der Waals surface area contributed by atoms with E-state index in [2.05, 4.69) is 15.0 Å². The fraction of sp³-hybridized carbons (Fsp3) is 0.333. The number of carboxylic acids is 1. The molecule has 152 valence electrons. The highest BCUT2D eigenvalue weighted by Crippen LogP contribution is 2.42. The van der Waals surface area contributed by atoms with Gasteiger partial charge in [-0.2, -0.15) is 0 Å². The van der Waals surface area contributed by atoms with E-state index in [1.165, 1.54) is 17.2 Å². The van der Waals surface area contributed by atoms with Gasteiger partial charge < -0.3 is 30.9 Å². The third kappa shape index (κ3) is 2.91. The summed E-state index contributed by atoms with van der Waals surface area (Å²) in [5.41, 5.74) is 5.68. The van der Waals surface area contributed by atoms with Crippen LogP contribution in [-0.4, -0.2) is 70.8 Å². The maximum atomic E-state index is 11.0. The van der Waals surface area contributed by atoms with Gasteiger partial charge in [-0.25, -0.2) is 15.0 Å². The number of nitrogens with zero attached hydrogens (tertiary/aromatic N) is 4. The third-order valence-corrected chi connectivity index (χ3v) is 5.06. The lowest BCUT2D eigenvalue weighted by atomic mass is 9.93. The topological polar surface area (TPSA) is 177 Å². The minimum absolute atomic E-state index is 0.132. The Kier molecular flexibility index (Phi) is 4.67. The van der Waals surface area contributed by atoms with Crippen LogP contribution in [0.25, 0.3) is 11.2 Å². The molecule has 29 heavy (non-hydrogen) atoms. The Bertz CT molecular complexity index is 1050. The number of anilines is 1. The van der Waals surface area contributed by atoms with E-state index in [0.717, 1.165) is 0 Å². The van der Waals surface area contributed by atoms with E-state index in [1.54, 1.807) is 24.3 Å². The normalized spacial score (nSPS) is 26.8. The average molecular weight is 401 g/mol. The van der Waals surface area contributed by atoms with Gasteiger partial charge in [-0.15, -0.1) is 0 Å². The Morgan fingerprint density at radius 3 is 2.55 bits per heavy atom. The Balaban J connectivity index is 1.91. The zero-order valence-corrected chi connectivity index (χ0v) is 15.1. The van der Waals surface area contributed by atoms with Crippen LogP contribution in [0.3, 0.4) is 0 Å². The summed E-state index contributed by atoms with van der Waals surface area (Å²) in [7, 11) is 0. The summed E-state index contributed by atoms with van der Waals surface area (Å²) in [5.74, 6) is -0.847. The van der Waals surface area contributed by atoms with E-state index in [-0.39, 0.29) is 23.4 Å². The fourth-order valence-corrected chi connectivity index (χ4v) is 3.66. The second kappa shape index (κ2) is 7.04. The first-order chi connectivity index (χ1) is 13.9. The molecule has 11 heteroatoms. The lowest BCUT2D eigenvalue weighted by molar-refractivity contribution is -0.136. The maximum absolute atomic E-state index is 11.0. The first kappa shape index (κ1) is 19.2. The number of nitrogen functional groups attached to an aromatic ring is 1. The van der Waals surface area contributed by atoms with Crippen LogP contribution in [0.15, 0.2) is 36.9 Å². The Labute approximate surface area is 164 Å². The summed E-state index contributed by atoms with van der Waals surface area (Å²) in [6.45, 7) is -0.527. The fourth-order valence-electron chi connectivity index (χ4n) is 3.66. The van der Waals surface area contributed by atoms with E-state index in [1.807, 2.05) is 0 Å². The van der Waals surface area contributed by atoms with Gasteiger partial charge in [0.05, 0.1) is 19.4 Å². The number of carbonyl (C=O) groups is 1. The average Bonchev–Trinajstić information content (AvgIpc) is 3.24. The molecular weight excluding hydrogens is 382 g/mol. The number of benzene rings is 1. The van der Waals surface area contributed by atoms with Crippen LogP contribution >= 0.6 is 0 Å². The molecule has 4 atom stereocenters. The van der Waals surface area contributed by atoms with E-state index in [0.29, 0.717) is 11.1 Å². The van der Waals surface area contributed by atoms with Gasteiger partial charge in [-0.3, -0.25) is 9.36 Å². The van der Waals surface area contributed by atoms with Crippen molar-refractivity contribution < 1.29 is 30.0 Å². The minimum Gasteiger partial charge on any atom is -0.481 e. The Hall–Kier alpha value is -3.12. The lowest BCUT2D eigenvalue weighted by Crippen LogP contribution is -2.46. The summed E-state index contributed by atoms with van der Waals surface area (Å²) >= 11 is 0. The van der Waals surface area contributed by atoms with Gasteiger partial charge in [0.25, 0.3) is 0 Å². The highest BCUT2D eigenvalue weighted by Gasteiger charge is 2.57. The summed E-state index contributed by atoms with van der Waals surface area (Å²) in [4.78, 5) is 23.2. The number of aliphatic hydroxyl groups excluding tert-OH is 3. The SMILES string of the molecule is Nc1ncnc2c1ncn2[C@]1(c2ccc(CC(=O)O)cc2)O[C@H](CO)[C@@H](O)[C@H]1O. The van der Waals surface area contributed by atoms with Crippen molar-refractivity contribution >= 4 is 23.0 Å². The molecule has 2 aromatic heterocycles. The van der Waals surface area contributed by atoms with Crippen molar-refractivity contribution in [3.8, 4) is 0 Å². The zero-order chi connectivity index (χ0) is 20.8. The van der Waals surface area contributed by atoms with Crippen LogP contribution in [0.1, 0.15) is 11.1 Å². The van der Waals surface area contributed by atoms with Crippen LogP contribution in [0.2, 0.25) is 0 Å². The zero-order valence-electron chi connectivity index (χ0n) is 15.1. The van der Waals surface area contributed by atoms with Crippen molar-refractivity contribution in [2.24, 2.45) is 0 Å². The number of aromatic nitrogens is 4. The molecule has 0 amide bonds. The first-order valence-corrected chi connectivity index (χ1v) is 8.78. The standard InChI is InChI=1S/C18H19N5O6/c19-16-13-17(21-7-20-16)23(8-22-13)18(15(28)14(27)11(6-24)29-18)10-3-1-9(2-4-10)5-12(25)26/h1-4,7-8,11,14-15,24,27-28H,5-6H2,(H,25,26)(H2,19,20,21)/t11-,14-,15-,18-/m1/s1. The second-order valence-electron chi connectivity index (χ2n) is 6.78. The molecule has 0 bridgehead atoms. The summed E-state index contributed by atoms with van der Waals surface area (Å²) in [6, 6.07) is 6.35. The van der Waals surface area contributed by atoms with Crippen LogP contribution in [0.5, 0.6) is 0 Å². The van der Waals surface area contributed by atoms with Crippen molar-refractivity contribution in [2.75, 3.05) is 12.3 Å². The molecule has 1 aromatic carbocycles. The van der Waals surface area contributed by atoms with E-state index >= 15 is 0 Å². The Morgan fingerprint density at radius 1 is 1.21 bits per heavy atom. The molecule has 1 saturated heterocycles. The molecule has 0 spiro atoms. The van der Waals surface area contributed by atoms with Crippen molar-refractivity contribution in [1.82, 2.24) is 19.5 Å². The van der Waals surface area contributed by atoms with Crippen LogP contribution in [-0.2, 0) is 21.7 Å². The van der Waals surface area contributed by atoms with Crippen LogP contribution in [0.4, 0.5) is 5.82 Å². The van der Waals surface area contributed by atoms with Gasteiger partial charge in [0.2, 0.25) is 5.72 Å². The highest BCUT2D eigenvalue weighted by molar-refractivity contribution is 5.81. The molecule has 6 N–H and O–H groups in total. The molecule has 0 aliphatic carbocycles. The number of rotatable bonds is 5. The first-order valence-electron chi connectivity index (χ1n) is 8.78. The quantitative estimate of drug-likeness (QED) is 0.351. The largest absolute Gasteiger partial charge is 0.481 e. The monoisotopic (exact) mass is 401 g/mol. The Morgan fingerprint density at radius 2 is 1.93 bits per heavy atom. The van der Waals surface area contributed by atoms with Gasteiger partial charge in [-0.05, 0) is 5.56 Å². The molecule has 3 heterocycles. The number of hydrogen-bond acceptors (Lipinski definition) is 9. The smallest absolute Gasteiger partial charge is 0.307 e. The van der Waals surface area contributed by atoms with E-state index in [9.17, 15) is 20.1 Å². The molecule has 11 nitrogen and oxygen atoms in total. The predicted octanol–water partition coefficient (Wildman–Crippen LogP) is -1.15. The number of aliphatic hydroxyl groups is 3. The predicted molar refractivity (Wildman–Crippen MR) is 98.6 cm³/mol. The van der Waals surface area contributed by atoms with Crippen molar-refractivity contribution in [3.63, 3.8) is 0 Å². The molecule has 1 aliphatic heterocycles. The number of aliphatic carboxylic acids is 1. The van der Waals surface area contributed by atoms with Crippen LogP contribution < -0.4 is 5.73 Å². The number of ether oxygens (including phenoxy) is 1. The molecule has 4 rings (SSSR count). The van der Waals surface area contributed by atoms with Gasteiger partial charge in [0, 0.05) is 5.56 Å². The number of fused-ring (bicyclic) bond motifs is 1. The molecule has 1 fully saturated rings. The molecular formula is C18H19N5O6. The molecule has 3 aromatic rings. The van der Waals surface area contributed by atoms with E-state index < -0.39 is 36.6 Å². The van der Waals surface area contributed by atoms with Gasteiger partial charge in [0.15, 0.2) is 11.5 Å². The van der Waals surface area contributed by atoms with Crippen molar-refractivity contribution in [2.45, 2.75) is 30.5 Å². The molecule has 0 radical (unpaired) electrons. The number of imidazole rings is 1. The summed E-state index contributed by atoms with van der Waals surface area (Å²) in [6.07, 6.45) is -1.53. The number of carboxylic acid groups (broad SMARTS) is 1. The second-order valence-corrected chi connectivity index (χ2v) is 6.78. The molecule has 0 saturated carbocycles. The van der Waals surface area contributed by atoms with Gasteiger partial charge >= 0.3 is 5.97 Å². The van der Waals surface area contributed by atoms with Gasteiger partial charge in [0.1, 0.15) is 30.2 Å². The van der Waals surface area contributed by atoms with Crippen molar-refractivity contribution in [1.29, 1.82) is 0 Å². The van der Waals surface area contributed by atoms with Crippen LogP contribution in [0, 0.1) is 0 Å². The van der Waals surface area contributed by atoms with E-state index in [4.69, 9.17) is 15.6 Å². The minimum atomic E-state index is -1.68. The number of nitrogens with two attached hydrogens (primary N) is 1. The van der Waals surface area contributed by atoms with Crippen molar-refractivity contribution in [3.05, 3.63) is 48.0 Å². The third-order valence-electron chi connectivity index (χ3n) is 5.06. The van der Waals surface area contributed by atoms with Gasteiger partial charge in [-0.1, -0.05) is 24.3 Å².